The zero-order valence-corrected chi connectivity index (χ0v) is 11.2. The van der Waals surface area contributed by atoms with Crippen LogP contribution in [0.15, 0.2) is 24.3 Å². The lowest BCUT2D eigenvalue weighted by atomic mass is 9.99. The Hall–Kier alpha value is -1.42. The van der Waals surface area contributed by atoms with Crippen LogP contribution in [0, 0.1) is 11.7 Å². The highest BCUT2D eigenvalue weighted by Gasteiger charge is 2.17. The summed E-state index contributed by atoms with van der Waals surface area (Å²) in [5.41, 5.74) is 6.19. The van der Waals surface area contributed by atoms with Crippen LogP contribution in [0.1, 0.15) is 26.3 Å². The van der Waals surface area contributed by atoms with Gasteiger partial charge in [0.2, 0.25) is 5.91 Å². The molecule has 0 bridgehead atoms. The molecule has 1 atom stereocenters. The molecule has 4 heteroatoms. The van der Waals surface area contributed by atoms with Crippen molar-refractivity contribution in [2.75, 3.05) is 6.54 Å². The lowest BCUT2D eigenvalue weighted by molar-refractivity contribution is -0.124. The first kappa shape index (κ1) is 14.6. The number of hydrogen-bond acceptors (Lipinski definition) is 2. The predicted molar refractivity (Wildman–Crippen MR) is 70.5 cm³/mol. The molecule has 0 aliphatic carbocycles. The van der Waals surface area contributed by atoms with Crippen molar-refractivity contribution in [3.05, 3.63) is 35.6 Å². The molecule has 0 saturated heterocycles. The number of carbonyl (C=O) groups excluding carboxylic acids is 1. The highest BCUT2D eigenvalue weighted by molar-refractivity contribution is 5.78. The highest BCUT2D eigenvalue weighted by atomic mass is 19.1. The molecular formula is C14H21FN2O. The quantitative estimate of drug-likeness (QED) is 0.840. The van der Waals surface area contributed by atoms with Crippen LogP contribution >= 0.6 is 0 Å². The Kier molecular flexibility index (Phi) is 4.84. The molecular weight excluding hydrogens is 231 g/mol. The van der Waals surface area contributed by atoms with E-state index in [2.05, 4.69) is 5.32 Å². The molecule has 0 aliphatic heterocycles. The van der Waals surface area contributed by atoms with Crippen LogP contribution in [0.3, 0.4) is 0 Å². The molecule has 0 aromatic heterocycles. The Bertz CT molecular complexity index is 413. The monoisotopic (exact) mass is 252 g/mol. The van der Waals surface area contributed by atoms with Crippen LogP contribution in [-0.2, 0) is 11.2 Å². The first-order chi connectivity index (χ1) is 8.28. The zero-order valence-electron chi connectivity index (χ0n) is 11.2. The number of rotatable bonds is 5. The summed E-state index contributed by atoms with van der Waals surface area (Å²) in [6, 6.07) is 6.32. The minimum absolute atomic E-state index is 0.0576. The van der Waals surface area contributed by atoms with Gasteiger partial charge in [0.05, 0.1) is 0 Å². The first-order valence-electron chi connectivity index (χ1n) is 6.09. The summed E-state index contributed by atoms with van der Waals surface area (Å²) in [4.78, 5) is 11.8. The first-order valence-corrected chi connectivity index (χ1v) is 6.09. The number of amides is 1. The summed E-state index contributed by atoms with van der Waals surface area (Å²) in [6.07, 6.45) is 0.522. The van der Waals surface area contributed by atoms with Crippen LogP contribution in [0.5, 0.6) is 0 Å². The fourth-order valence-electron chi connectivity index (χ4n) is 1.60. The summed E-state index contributed by atoms with van der Waals surface area (Å²) in [6.45, 7) is 5.96. The molecule has 1 amide bonds. The van der Waals surface area contributed by atoms with E-state index in [1.54, 1.807) is 6.07 Å². The number of nitrogens with one attached hydrogen (secondary N) is 1. The van der Waals surface area contributed by atoms with Gasteiger partial charge in [-0.05, 0) is 38.0 Å². The molecule has 0 heterocycles. The van der Waals surface area contributed by atoms with E-state index < -0.39 is 5.54 Å². The largest absolute Gasteiger partial charge is 0.354 e. The van der Waals surface area contributed by atoms with Crippen molar-refractivity contribution in [3.8, 4) is 0 Å². The van der Waals surface area contributed by atoms with E-state index in [4.69, 9.17) is 5.73 Å². The summed E-state index contributed by atoms with van der Waals surface area (Å²) in [7, 11) is 0. The van der Waals surface area contributed by atoms with Crippen molar-refractivity contribution < 1.29 is 9.18 Å². The second-order valence-electron chi connectivity index (χ2n) is 5.44. The minimum Gasteiger partial charge on any atom is -0.354 e. The number of hydrogen-bond donors (Lipinski definition) is 2. The Morgan fingerprint density at radius 3 is 2.72 bits per heavy atom. The molecule has 1 aromatic carbocycles. The van der Waals surface area contributed by atoms with Gasteiger partial charge < -0.3 is 11.1 Å². The topological polar surface area (TPSA) is 55.1 Å². The third-order valence-electron chi connectivity index (χ3n) is 2.60. The van der Waals surface area contributed by atoms with Gasteiger partial charge >= 0.3 is 0 Å². The lowest BCUT2D eigenvalue weighted by Crippen LogP contribution is -2.46. The van der Waals surface area contributed by atoms with Gasteiger partial charge in [-0.15, -0.1) is 0 Å². The van der Waals surface area contributed by atoms with Gasteiger partial charge in [-0.3, -0.25) is 4.79 Å². The number of carbonyl (C=O) groups is 1. The number of nitrogens with two attached hydrogens (primary N) is 1. The lowest BCUT2D eigenvalue weighted by Gasteiger charge is -2.20. The normalized spacial score (nSPS) is 13.2. The molecule has 3 N–H and O–H groups in total. The van der Waals surface area contributed by atoms with Crippen LogP contribution in [0.2, 0.25) is 0 Å². The number of halogens is 1. The second kappa shape index (κ2) is 5.96. The maximum atomic E-state index is 13.0. The van der Waals surface area contributed by atoms with Gasteiger partial charge in [-0.25, -0.2) is 4.39 Å². The fourth-order valence-corrected chi connectivity index (χ4v) is 1.60. The summed E-state index contributed by atoms with van der Waals surface area (Å²) in [5.74, 6) is -0.532. The van der Waals surface area contributed by atoms with E-state index in [0.717, 1.165) is 5.56 Å². The van der Waals surface area contributed by atoms with Gasteiger partial charge in [-0.1, -0.05) is 19.1 Å². The van der Waals surface area contributed by atoms with Gasteiger partial charge in [0.15, 0.2) is 0 Å². The highest BCUT2D eigenvalue weighted by Crippen LogP contribution is 2.10. The van der Waals surface area contributed by atoms with Crippen molar-refractivity contribution in [1.82, 2.24) is 5.32 Å². The third-order valence-corrected chi connectivity index (χ3v) is 2.60. The van der Waals surface area contributed by atoms with Gasteiger partial charge in [0.1, 0.15) is 5.82 Å². The average Bonchev–Trinajstić information content (AvgIpc) is 2.24. The summed E-state index contributed by atoms with van der Waals surface area (Å²) in [5, 5.41) is 2.80. The molecule has 100 valence electrons. The predicted octanol–water partition coefficient (Wildman–Crippen LogP) is 1.86. The molecule has 1 aromatic rings. The maximum Gasteiger partial charge on any atom is 0.223 e. The van der Waals surface area contributed by atoms with Crippen molar-refractivity contribution >= 4 is 5.91 Å². The van der Waals surface area contributed by atoms with Crippen molar-refractivity contribution in [3.63, 3.8) is 0 Å². The van der Waals surface area contributed by atoms with Gasteiger partial charge in [0, 0.05) is 18.0 Å². The maximum absolute atomic E-state index is 13.0. The molecule has 0 saturated carbocycles. The molecule has 0 fully saturated rings. The Labute approximate surface area is 108 Å². The van der Waals surface area contributed by atoms with Crippen LogP contribution in [0.25, 0.3) is 0 Å². The van der Waals surface area contributed by atoms with Crippen LogP contribution in [-0.4, -0.2) is 18.0 Å². The Morgan fingerprint density at radius 1 is 1.50 bits per heavy atom. The third kappa shape index (κ3) is 5.27. The standard InChI is InChI=1S/C14H21FN2O/c1-10(13(18)17-9-14(2,3)16)7-11-5-4-6-12(15)8-11/h4-6,8,10H,7,9,16H2,1-3H3,(H,17,18). The smallest absolute Gasteiger partial charge is 0.223 e. The van der Waals surface area contributed by atoms with E-state index in [9.17, 15) is 9.18 Å². The van der Waals surface area contributed by atoms with Crippen molar-refractivity contribution in [1.29, 1.82) is 0 Å². The molecule has 1 rings (SSSR count). The average molecular weight is 252 g/mol. The molecule has 0 spiro atoms. The van der Waals surface area contributed by atoms with E-state index in [-0.39, 0.29) is 17.6 Å². The van der Waals surface area contributed by atoms with E-state index in [1.807, 2.05) is 26.8 Å². The molecule has 1 unspecified atom stereocenters. The fraction of sp³-hybridized carbons (Fsp3) is 0.500. The summed E-state index contributed by atoms with van der Waals surface area (Å²) < 4.78 is 13.0. The Balaban J connectivity index is 2.50. The van der Waals surface area contributed by atoms with Crippen LogP contribution in [0.4, 0.5) is 4.39 Å². The minimum atomic E-state index is -0.422. The second-order valence-corrected chi connectivity index (χ2v) is 5.44. The van der Waals surface area contributed by atoms with Crippen LogP contribution < -0.4 is 11.1 Å². The van der Waals surface area contributed by atoms with E-state index in [1.165, 1.54) is 12.1 Å². The Morgan fingerprint density at radius 2 is 2.17 bits per heavy atom. The van der Waals surface area contributed by atoms with Crippen molar-refractivity contribution in [2.24, 2.45) is 11.7 Å². The van der Waals surface area contributed by atoms with Crippen molar-refractivity contribution in [2.45, 2.75) is 32.7 Å². The molecule has 18 heavy (non-hydrogen) atoms. The van der Waals surface area contributed by atoms with Gasteiger partial charge in [0.25, 0.3) is 0 Å². The number of benzene rings is 1. The molecule has 3 nitrogen and oxygen atoms in total. The molecule has 0 radical (unpaired) electrons. The zero-order chi connectivity index (χ0) is 13.8. The summed E-state index contributed by atoms with van der Waals surface area (Å²) >= 11 is 0. The SMILES string of the molecule is CC(Cc1cccc(F)c1)C(=O)NCC(C)(C)N. The van der Waals surface area contributed by atoms with E-state index in [0.29, 0.717) is 13.0 Å². The van der Waals surface area contributed by atoms with Gasteiger partial charge in [-0.2, -0.15) is 0 Å². The molecule has 0 aliphatic rings. The van der Waals surface area contributed by atoms with E-state index >= 15 is 0 Å².